The molecule has 4 nitrogen and oxygen atoms in total. The minimum Gasteiger partial charge on any atom is -0.348 e. The topological polar surface area (TPSA) is 58.4 Å². The molecule has 1 aromatic rings. The van der Waals surface area contributed by atoms with Crippen LogP contribution in [0.4, 0.5) is 0 Å². The SMILES string of the molecule is CC(NC(=O)CN1CC(CN)CC1C)c1ccccc1Cl.Cl. The van der Waals surface area contributed by atoms with Gasteiger partial charge in [-0.05, 0) is 44.4 Å². The Labute approximate surface area is 143 Å². The molecule has 1 aliphatic rings. The van der Waals surface area contributed by atoms with Crippen molar-refractivity contribution in [3.63, 3.8) is 0 Å². The van der Waals surface area contributed by atoms with Gasteiger partial charge in [-0.1, -0.05) is 29.8 Å². The quantitative estimate of drug-likeness (QED) is 0.862. The van der Waals surface area contributed by atoms with E-state index in [0.717, 1.165) is 18.5 Å². The maximum Gasteiger partial charge on any atom is 0.234 e. The number of likely N-dealkylation sites (tertiary alicyclic amines) is 1. The van der Waals surface area contributed by atoms with E-state index in [-0.39, 0.29) is 24.4 Å². The molecule has 1 heterocycles. The number of rotatable bonds is 5. The lowest BCUT2D eigenvalue weighted by atomic mass is 10.1. The molecule has 1 aliphatic heterocycles. The number of carbonyl (C=O) groups excluding carboxylic acids is 1. The van der Waals surface area contributed by atoms with Gasteiger partial charge in [-0.2, -0.15) is 0 Å². The van der Waals surface area contributed by atoms with Gasteiger partial charge in [0.25, 0.3) is 0 Å². The van der Waals surface area contributed by atoms with Crippen LogP contribution in [0.5, 0.6) is 0 Å². The Morgan fingerprint density at radius 1 is 1.50 bits per heavy atom. The van der Waals surface area contributed by atoms with Crippen molar-refractivity contribution in [1.29, 1.82) is 0 Å². The Morgan fingerprint density at radius 3 is 2.77 bits per heavy atom. The van der Waals surface area contributed by atoms with E-state index in [1.165, 1.54) is 0 Å². The zero-order valence-corrected chi connectivity index (χ0v) is 14.7. The summed E-state index contributed by atoms with van der Waals surface area (Å²) in [6.45, 7) is 6.13. The van der Waals surface area contributed by atoms with E-state index in [1.807, 2.05) is 31.2 Å². The summed E-state index contributed by atoms with van der Waals surface area (Å²) < 4.78 is 0. The molecule has 0 saturated carbocycles. The van der Waals surface area contributed by atoms with E-state index in [0.29, 0.717) is 30.1 Å². The highest BCUT2D eigenvalue weighted by Crippen LogP contribution is 2.23. The first-order valence-electron chi connectivity index (χ1n) is 7.49. The Morgan fingerprint density at radius 2 is 2.18 bits per heavy atom. The fourth-order valence-corrected chi connectivity index (χ4v) is 3.28. The van der Waals surface area contributed by atoms with Gasteiger partial charge < -0.3 is 11.1 Å². The lowest BCUT2D eigenvalue weighted by molar-refractivity contribution is -0.123. The van der Waals surface area contributed by atoms with E-state index in [9.17, 15) is 4.79 Å². The van der Waals surface area contributed by atoms with E-state index >= 15 is 0 Å². The van der Waals surface area contributed by atoms with Crippen molar-refractivity contribution in [3.8, 4) is 0 Å². The zero-order chi connectivity index (χ0) is 15.4. The van der Waals surface area contributed by atoms with Gasteiger partial charge in [0.2, 0.25) is 5.91 Å². The summed E-state index contributed by atoms with van der Waals surface area (Å²) in [5, 5.41) is 3.70. The third kappa shape index (κ3) is 4.85. The molecule has 2 rings (SSSR count). The molecule has 1 amide bonds. The molecule has 0 bridgehead atoms. The number of amides is 1. The Balaban J connectivity index is 0.00000242. The fraction of sp³-hybridized carbons (Fsp3) is 0.562. The maximum atomic E-state index is 12.2. The number of nitrogens with two attached hydrogens (primary N) is 1. The van der Waals surface area contributed by atoms with Crippen molar-refractivity contribution < 1.29 is 4.79 Å². The molecule has 0 aromatic heterocycles. The standard InChI is InChI=1S/C16H24ClN3O.ClH/c1-11-7-13(8-18)9-20(11)10-16(21)19-12(2)14-5-3-4-6-15(14)17;/h3-6,11-13H,7-10,18H2,1-2H3,(H,19,21);1H. The van der Waals surface area contributed by atoms with Crippen LogP contribution in [-0.2, 0) is 4.79 Å². The maximum absolute atomic E-state index is 12.2. The number of nitrogens with one attached hydrogen (secondary N) is 1. The fourth-order valence-electron chi connectivity index (χ4n) is 2.98. The molecule has 1 saturated heterocycles. The lowest BCUT2D eigenvalue weighted by Crippen LogP contribution is -2.40. The van der Waals surface area contributed by atoms with Crippen LogP contribution in [0.1, 0.15) is 31.9 Å². The van der Waals surface area contributed by atoms with Crippen molar-refractivity contribution >= 4 is 29.9 Å². The second-order valence-electron chi connectivity index (χ2n) is 5.93. The van der Waals surface area contributed by atoms with Crippen LogP contribution in [0, 0.1) is 5.92 Å². The van der Waals surface area contributed by atoms with Gasteiger partial charge in [0.1, 0.15) is 0 Å². The third-order valence-electron chi connectivity index (χ3n) is 4.22. The molecule has 3 unspecified atom stereocenters. The smallest absolute Gasteiger partial charge is 0.234 e. The van der Waals surface area contributed by atoms with E-state index in [4.69, 9.17) is 17.3 Å². The molecule has 1 fully saturated rings. The summed E-state index contributed by atoms with van der Waals surface area (Å²) >= 11 is 6.16. The minimum absolute atomic E-state index is 0. The normalized spacial score (nSPS) is 22.9. The Hall–Kier alpha value is -0.810. The minimum atomic E-state index is -0.0885. The summed E-state index contributed by atoms with van der Waals surface area (Å²) in [4.78, 5) is 14.4. The number of hydrogen-bond donors (Lipinski definition) is 2. The molecule has 1 aromatic carbocycles. The van der Waals surface area contributed by atoms with Gasteiger partial charge in [-0.25, -0.2) is 0 Å². The largest absolute Gasteiger partial charge is 0.348 e. The van der Waals surface area contributed by atoms with Crippen molar-refractivity contribution in [1.82, 2.24) is 10.2 Å². The van der Waals surface area contributed by atoms with Crippen LogP contribution in [0.2, 0.25) is 5.02 Å². The van der Waals surface area contributed by atoms with Crippen molar-refractivity contribution in [2.75, 3.05) is 19.6 Å². The Bertz CT molecular complexity index is 498. The summed E-state index contributed by atoms with van der Waals surface area (Å²) in [5.41, 5.74) is 6.67. The van der Waals surface area contributed by atoms with Crippen LogP contribution in [-0.4, -0.2) is 36.5 Å². The number of halogens is 2. The average molecular weight is 346 g/mol. The van der Waals surface area contributed by atoms with Gasteiger partial charge >= 0.3 is 0 Å². The van der Waals surface area contributed by atoms with Crippen LogP contribution in [0.3, 0.4) is 0 Å². The number of benzene rings is 1. The average Bonchev–Trinajstić information content (AvgIpc) is 2.79. The van der Waals surface area contributed by atoms with Gasteiger partial charge in [-0.3, -0.25) is 9.69 Å². The van der Waals surface area contributed by atoms with Gasteiger partial charge in [-0.15, -0.1) is 12.4 Å². The summed E-state index contributed by atoms with van der Waals surface area (Å²) in [6, 6.07) is 7.93. The van der Waals surface area contributed by atoms with Crippen LogP contribution >= 0.6 is 24.0 Å². The van der Waals surface area contributed by atoms with Crippen molar-refractivity contribution in [2.24, 2.45) is 11.7 Å². The van der Waals surface area contributed by atoms with Crippen LogP contribution in [0.15, 0.2) is 24.3 Å². The second-order valence-corrected chi connectivity index (χ2v) is 6.33. The number of nitrogens with zero attached hydrogens (tertiary/aromatic N) is 1. The van der Waals surface area contributed by atoms with Crippen molar-refractivity contribution in [3.05, 3.63) is 34.9 Å². The molecule has 0 aliphatic carbocycles. The monoisotopic (exact) mass is 345 g/mol. The van der Waals surface area contributed by atoms with Crippen molar-refractivity contribution in [2.45, 2.75) is 32.4 Å². The number of hydrogen-bond acceptors (Lipinski definition) is 3. The zero-order valence-electron chi connectivity index (χ0n) is 13.1. The van der Waals surface area contributed by atoms with Crippen LogP contribution in [0.25, 0.3) is 0 Å². The highest BCUT2D eigenvalue weighted by atomic mass is 35.5. The van der Waals surface area contributed by atoms with Gasteiger partial charge in [0.15, 0.2) is 0 Å². The molecule has 124 valence electrons. The molecule has 22 heavy (non-hydrogen) atoms. The van der Waals surface area contributed by atoms with Gasteiger partial charge in [0, 0.05) is 17.6 Å². The van der Waals surface area contributed by atoms with Gasteiger partial charge in [0.05, 0.1) is 12.6 Å². The molecular formula is C16H25Cl2N3O. The van der Waals surface area contributed by atoms with Crippen LogP contribution < -0.4 is 11.1 Å². The first-order valence-corrected chi connectivity index (χ1v) is 7.87. The molecule has 0 radical (unpaired) electrons. The second kappa shape index (κ2) is 8.73. The summed E-state index contributed by atoms with van der Waals surface area (Å²) in [5.74, 6) is 0.542. The van der Waals surface area contributed by atoms with E-state index in [2.05, 4.69) is 17.1 Å². The van der Waals surface area contributed by atoms with E-state index < -0.39 is 0 Å². The highest BCUT2D eigenvalue weighted by Gasteiger charge is 2.29. The predicted molar refractivity (Wildman–Crippen MR) is 93.5 cm³/mol. The molecular weight excluding hydrogens is 321 g/mol. The molecule has 0 spiro atoms. The summed E-state index contributed by atoms with van der Waals surface area (Å²) in [6.07, 6.45) is 1.07. The number of carbonyl (C=O) groups is 1. The van der Waals surface area contributed by atoms with E-state index in [1.54, 1.807) is 0 Å². The molecule has 3 atom stereocenters. The first kappa shape index (κ1) is 19.2. The lowest BCUT2D eigenvalue weighted by Gasteiger charge is -2.22. The third-order valence-corrected chi connectivity index (χ3v) is 4.56. The summed E-state index contributed by atoms with van der Waals surface area (Å²) in [7, 11) is 0. The first-order chi connectivity index (χ1) is 10.0. The molecule has 6 heteroatoms. The Kier molecular flexibility index (Phi) is 7.63. The predicted octanol–water partition coefficient (Wildman–Crippen LogP) is 2.61. The highest BCUT2D eigenvalue weighted by molar-refractivity contribution is 6.31. The molecule has 3 N–H and O–H groups in total.